The molecule has 1 aliphatic carbocycles. The molecule has 11 heteroatoms. The highest BCUT2D eigenvalue weighted by Gasteiger charge is 2.62. The van der Waals surface area contributed by atoms with Gasteiger partial charge in [0, 0.05) is 6.54 Å². The van der Waals surface area contributed by atoms with Crippen LogP contribution in [0.2, 0.25) is 0 Å². The third-order valence-corrected chi connectivity index (χ3v) is 7.27. The number of nitrogens with zero attached hydrogens (tertiary/aromatic N) is 5. The number of anilines is 2. The quantitative estimate of drug-likeness (QED) is 0.317. The van der Waals surface area contributed by atoms with E-state index in [1.807, 2.05) is 0 Å². The molecule has 6 nitrogen and oxygen atoms in total. The summed E-state index contributed by atoms with van der Waals surface area (Å²) in [6.45, 7) is 2.40. The van der Waals surface area contributed by atoms with E-state index in [0.717, 1.165) is 6.07 Å². The molecule has 1 aliphatic heterocycles. The Balaban J connectivity index is 1.49. The lowest BCUT2D eigenvalue weighted by Crippen LogP contribution is -2.25. The number of hydrogen-bond donors (Lipinski definition) is 0. The van der Waals surface area contributed by atoms with Crippen LogP contribution < -0.4 is 9.64 Å². The summed E-state index contributed by atoms with van der Waals surface area (Å²) < 4.78 is 77.8. The van der Waals surface area contributed by atoms with Crippen molar-refractivity contribution in [3.63, 3.8) is 0 Å². The minimum Gasteiger partial charge on any atom is -0.491 e. The van der Waals surface area contributed by atoms with Gasteiger partial charge in [-0.25, -0.2) is 8.78 Å². The summed E-state index contributed by atoms with van der Waals surface area (Å²) in [6.07, 6.45) is -3.26. The molecule has 0 N–H and O–H groups in total. The highest BCUT2D eigenvalue weighted by atomic mass is 19.4. The topological polar surface area (TPSA) is 55.5 Å². The Morgan fingerprint density at radius 1 is 1.08 bits per heavy atom. The van der Waals surface area contributed by atoms with Gasteiger partial charge in [-0.05, 0) is 62.8 Å². The molecule has 6 rings (SSSR count). The van der Waals surface area contributed by atoms with Gasteiger partial charge in [0.15, 0.2) is 11.6 Å². The number of aryl methyl sites for hydroxylation is 2. The Kier molecular flexibility index (Phi) is 5.10. The van der Waals surface area contributed by atoms with E-state index >= 15 is 4.39 Å². The molecule has 0 spiro atoms. The fourth-order valence-corrected chi connectivity index (χ4v) is 5.08. The SMILES string of the molecule is Cc1nnc2nc(N3CCCOc4c(CCC5(C(F)(F)F)CC5)cccc43)c3c(F)c(F)ccc3n12. The van der Waals surface area contributed by atoms with E-state index in [1.54, 1.807) is 34.4 Å². The molecular weight excluding hydrogens is 481 g/mol. The number of hydrogen-bond acceptors (Lipinski definition) is 5. The molecule has 2 aliphatic rings. The minimum atomic E-state index is -4.23. The molecule has 0 radical (unpaired) electrons. The highest BCUT2D eigenvalue weighted by molar-refractivity contribution is 5.95. The Bertz CT molecular complexity index is 1490. The van der Waals surface area contributed by atoms with Crippen molar-refractivity contribution in [1.29, 1.82) is 0 Å². The summed E-state index contributed by atoms with van der Waals surface area (Å²) in [4.78, 5) is 6.29. The van der Waals surface area contributed by atoms with Crippen molar-refractivity contribution in [1.82, 2.24) is 19.6 Å². The van der Waals surface area contributed by atoms with E-state index < -0.39 is 23.2 Å². The predicted molar refractivity (Wildman–Crippen MR) is 123 cm³/mol. The van der Waals surface area contributed by atoms with Gasteiger partial charge < -0.3 is 9.64 Å². The Morgan fingerprint density at radius 3 is 2.64 bits per heavy atom. The van der Waals surface area contributed by atoms with Crippen molar-refractivity contribution in [3.05, 3.63) is 53.4 Å². The average molecular weight is 503 g/mol. The number of fused-ring (bicyclic) bond motifs is 4. The molecule has 188 valence electrons. The van der Waals surface area contributed by atoms with E-state index in [4.69, 9.17) is 4.74 Å². The molecule has 4 aromatic rings. The van der Waals surface area contributed by atoms with Crippen LogP contribution in [0.25, 0.3) is 16.7 Å². The third kappa shape index (κ3) is 3.47. The number of rotatable bonds is 4. The molecule has 36 heavy (non-hydrogen) atoms. The fourth-order valence-electron chi connectivity index (χ4n) is 5.08. The van der Waals surface area contributed by atoms with E-state index in [0.29, 0.717) is 47.9 Å². The maximum Gasteiger partial charge on any atom is 0.394 e. The van der Waals surface area contributed by atoms with Crippen molar-refractivity contribution >= 4 is 28.2 Å². The zero-order chi connectivity index (χ0) is 25.2. The molecule has 0 atom stereocenters. The van der Waals surface area contributed by atoms with Crippen molar-refractivity contribution in [3.8, 4) is 5.75 Å². The van der Waals surface area contributed by atoms with Crippen LogP contribution in [-0.2, 0) is 6.42 Å². The number of para-hydroxylation sites is 1. The molecule has 2 aromatic heterocycles. The second-order valence-electron chi connectivity index (χ2n) is 9.47. The van der Waals surface area contributed by atoms with Crippen LogP contribution >= 0.6 is 0 Å². The van der Waals surface area contributed by atoms with Crippen molar-refractivity contribution < 1.29 is 26.7 Å². The van der Waals surface area contributed by atoms with E-state index in [9.17, 15) is 17.6 Å². The predicted octanol–water partition coefficient (Wildman–Crippen LogP) is 6.06. The van der Waals surface area contributed by atoms with Crippen LogP contribution in [0.5, 0.6) is 5.75 Å². The minimum absolute atomic E-state index is 0.0255. The van der Waals surface area contributed by atoms with Gasteiger partial charge in [0.2, 0.25) is 0 Å². The Morgan fingerprint density at radius 2 is 1.89 bits per heavy atom. The molecule has 2 aromatic carbocycles. The third-order valence-electron chi connectivity index (χ3n) is 7.27. The Labute approximate surface area is 202 Å². The van der Waals surface area contributed by atoms with Crippen LogP contribution in [0.4, 0.5) is 33.5 Å². The first kappa shape index (κ1) is 22.9. The smallest absolute Gasteiger partial charge is 0.394 e. The maximum atomic E-state index is 15.3. The monoisotopic (exact) mass is 503 g/mol. The maximum absolute atomic E-state index is 15.3. The lowest BCUT2D eigenvalue weighted by Gasteiger charge is -2.26. The summed E-state index contributed by atoms with van der Waals surface area (Å²) in [5.41, 5.74) is -0.0833. The van der Waals surface area contributed by atoms with Gasteiger partial charge in [-0.3, -0.25) is 4.40 Å². The van der Waals surface area contributed by atoms with Crippen LogP contribution in [0.15, 0.2) is 30.3 Å². The lowest BCUT2D eigenvalue weighted by atomic mass is 9.95. The zero-order valence-corrected chi connectivity index (χ0v) is 19.4. The van der Waals surface area contributed by atoms with Gasteiger partial charge in [0.25, 0.3) is 5.78 Å². The average Bonchev–Trinajstić information content (AvgIpc) is 3.60. The summed E-state index contributed by atoms with van der Waals surface area (Å²) in [6, 6.07) is 7.75. The molecule has 1 fully saturated rings. The summed E-state index contributed by atoms with van der Waals surface area (Å²) in [7, 11) is 0. The molecule has 1 saturated carbocycles. The van der Waals surface area contributed by atoms with Crippen molar-refractivity contribution in [2.75, 3.05) is 18.1 Å². The van der Waals surface area contributed by atoms with Gasteiger partial charge in [-0.1, -0.05) is 12.1 Å². The lowest BCUT2D eigenvalue weighted by molar-refractivity contribution is -0.188. The zero-order valence-electron chi connectivity index (χ0n) is 19.4. The van der Waals surface area contributed by atoms with Crippen LogP contribution in [0, 0.1) is 24.0 Å². The van der Waals surface area contributed by atoms with Crippen LogP contribution in [-0.4, -0.2) is 38.9 Å². The first-order valence-corrected chi connectivity index (χ1v) is 11.8. The van der Waals surface area contributed by atoms with Gasteiger partial charge >= 0.3 is 6.18 Å². The molecule has 0 unspecified atom stereocenters. The first-order chi connectivity index (χ1) is 17.2. The molecule has 0 bridgehead atoms. The molecule has 0 saturated heterocycles. The molecule has 0 amide bonds. The van der Waals surface area contributed by atoms with E-state index in [1.165, 1.54) is 6.07 Å². The van der Waals surface area contributed by atoms with Gasteiger partial charge in [0.1, 0.15) is 17.4 Å². The number of aromatic nitrogens is 4. The fraction of sp³-hybridized carbons (Fsp3) is 0.400. The number of benzene rings is 2. The van der Waals surface area contributed by atoms with Gasteiger partial charge in [0.05, 0.1) is 28.6 Å². The molecular formula is C25H22F5N5O. The first-order valence-electron chi connectivity index (χ1n) is 11.8. The molecule has 3 heterocycles. The van der Waals surface area contributed by atoms with Crippen molar-refractivity contribution in [2.45, 2.75) is 45.2 Å². The standard InChI is InChI=1S/C25H22F5N5O/c1-14-32-33-23-31-22(19-17(35(14)23)7-6-16(26)20(19)27)34-12-3-13-36-21-15(4-2-5-18(21)34)8-9-24(10-11-24)25(28,29)30/h2,4-7H,3,8-13H2,1H3. The van der Waals surface area contributed by atoms with Gasteiger partial charge in [-0.2, -0.15) is 18.2 Å². The van der Waals surface area contributed by atoms with Crippen molar-refractivity contribution in [2.24, 2.45) is 5.41 Å². The van der Waals surface area contributed by atoms with E-state index in [2.05, 4.69) is 15.2 Å². The van der Waals surface area contributed by atoms with E-state index in [-0.39, 0.29) is 42.7 Å². The number of halogens is 5. The van der Waals surface area contributed by atoms with Gasteiger partial charge in [-0.15, -0.1) is 10.2 Å². The number of alkyl halides is 3. The Hall–Kier alpha value is -3.50. The number of ether oxygens (including phenoxy) is 1. The largest absolute Gasteiger partial charge is 0.491 e. The highest BCUT2D eigenvalue weighted by Crippen LogP contribution is 2.60. The summed E-state index contributed by atoms with van der Waals surface area (Å²) in [5, 5.41) is 8.08. The van der Waals surface area contributed by atoms with Crippen LogP contribution in [0.1, 0.15) is 37.1 Å². The second kappa shape index (κ2) is 8.01. The normalized spacial score (nSPS) is 17.2. The summed E-state index contributed by atoms with van der Waals surface area (Å²) >= 11 is 0. The summed E-state index contributed by atoms with van der Waals surface area (Å²) in [5.74, 6) is -0.770. The van der Waals surface area contributed by atoms with Crippen LogP contribution in [0.3, 0.4) is 0 Å². The second-order valence-corrected chi connectivity index (χ2v) is 9.47.